The van der Waals surface area contributed by atoms with Gasteiger partial charge in [-0.25, -0.2) is 21.8 Å². The Morgan fingerprint density at radius 3 is 2.21 bits per heavy atom. The SMILES string of the molecule is O=S(=O)(CCc1ccc(Cl)c(OC(F)(F)F)c1)c1ccc(S(=O)(=O)Nc2ncc(Cl)s2)cc1. The van der Waals surface area contributed by atoms with E-state index >= 15 is 0 Å². The molecular formula is C18H13Cl2F3N2O5S3. The van der Waals surface area contributed by atoms with Crippen molar-refractivity contribution in [1.29, 1.82) is 0 Å². The van der Waals surface area contributed by atoms with Crippen LogP contribution in [0, 0.1) is 0 Å². The highest BCUT2D eigenvalue weighted by Gasteiger charge is 2.32. The lowest BCUT2D eigenvalue weighted by atomic mass is 10.2. The van der Waals surface area contributed by atoms with Gasteiger partial charge in [0.2, 0.25) is 0 Å². The molecule has 0 unspecified atom stereocenters. The number of rotatable bonds is 8. The van der Waals surface area contributed by atoms with Crippen molar-refractivity contribution in [2.45, 2.75) is 22.6 Å². The largest absolute Gasteiger partial charge is 0.573 e. The van der Waals surface area contributed by atoms with Gasteiger partial charge in [0.15, 0.2) is 15.0 Å². The number of halogens is 5. The van der Waals surface area contributed by atoms with Gasteiger partial charge in [-0.3, -0.25) is 4.72 Å². The standard InChI is InChI=1S/C18H13Cl2F3N2O5S3/c19-14-6-1-11(9-15(14)30-18(21,22)23)7-8-32(26,27)12-2-4-13(5-3-12)33(28,29)25-17-24-10-16(20)31-17/h1-6,9-10H,7-8H2,(H,24,25). The van der Waals surface area contributed by atoms with E-state index in [0.29, 0.717) is 0 Å². The first-order valence-electron chi connectivity index (χ1n) is 8.76. The van der Waals surface area contributed by atoms with Gasteiger partial charge in [-0.15, -0.1) is 13.2 Å². The average molecular weight is 561 g/mol. The van der Waals surface area contributed by atoms with Crippen LogP contribution in [0.4, 0.5) is 18.3 Å². The highest BCUT2D eigenvalue weighted by atomic mass is 35.5. The number of ether oxygens (including phenoxy) is 1. The van der Waals surface area contributed by atoms with E-state index in [2.05, 4.69) is 14.4 Å². The Labute approximate surface area is 201 Å². The molecule has 0 saturated carbocycles. The minimum Gasteiger partial charge on any atom is -0.404 e. The van der Waals surface area contributed by atoms with E-state index in [1.165, 1.54) is 18.3 Å². The van der Waals surface area contributed by atoms with Crippen molar-refractivity contribution in [2.75, 3.05) is 10.5 Å². The Morgan fingerprint density at radius 2 is 1.64 bits per heavy atom. The lowest BCUT2D eigenvalue weighted by molar-refractivity contribution is -0.274. The van der Waals surface area contributed by atoms with Crippen molar-refractivity contribution in [3.8, 4) is 5.75 Å². The summed E-state index contributed by atoms with van der Waals surface area (Å²) in [5.41, 5.74) is 0.257. The van der Waals surface area contributed by atoms with Gasteiger partial charge in [0, 0.05) is 0 Å². The molecule has 1 heterocycles. The fourth-order valence-corrected chi connectivity index (χ4v) is 6.08. The van der Waals surface area contributed by atoms with E-state index in [9.17, 15) is 30.0 Å². The van der Waals surface area contributed by atoms with Crippen LogP contribution in [0.25, 0.3) is 0 Å². The molecule has 33 heavy (non-hydrogen) atoms. The zero-order valence-electron chi connectivity index (χ0n) is 16.1. The van der Waals surface area contributed by atoms with Crippen LogP contribution < -0.4 is 9.46 Å². The smallest absolute Gasteiger partial charge is 0.404 e. The Morgan fingerprint density at radius 1 is 1.00 bits per heavy atom. The van der Waals surface area contributed by atoms with Crippen molar-refractivity contribution in [2.24, 2.45) is 0 Å². The summed E-state index contributed by atoms with van der Waals surface area (Å²) in [5.74, 6) is -1.08. The van der Waals surface area contributed by atoms with E-state index < -0.39 is 37.7 Å². The molecule has 0 aliphatic carbocycles. The molecule has 7 nitrogen and oxygen atoms in total. The molecule has 2 aromatic carbocycles. The summed E-state index contributed by atoms with van der Waals surface area (Å²) < 4.78 is 93.7. The van der Waals surface area contributed by atoms with Gasteiger partial charge in [0.25, 0.3) is 10.0 Å². The fraction of sp³-hybridized carbons (Fsp3) is 0.167. The van der Waals surface area contributed by atoms with E-state index in [0.717, 1.165) is 41.7 Å². The number of alkyl halides is 3. The van der Waals surface area contributed by atoms with E-state index in [1.54, 1.807) is 0 Å². The zero-order valence-corrected chi connectivity index (χ0v) is 20.1. The first kappa shape index (κ1) is 25.6. The van der Waals surface area contributed by atoms with Gasteiger partial charge in [0.05, 0.1) is 26.8 Å². The third-order valence-electron chi connectivity index (χ3n) is 4.07. The van der Waals surface area contributed by atoms with Gasteiger partial charge in [-0.1, -0.05) is 40.6 Å². The average Bonchev–Trinajstić information content (AvgIpc) is 3.11. The Kier molecular flexibility index (Phi) is 7.49. The second-order valence-electron chi connectivity index (χ2n) is 6.43. The lowest BCUT2D eigenvalue weighted by Gasteiger charge is -2.12. The highest BCUT2D eigenvalue weighted by Crippen LogP contribution is 2.31. The second-order valence-corrected chi connectivity index (χ2v) is 12.3. The predicted molar refractivity (Wildman–Crippen MR) is 118 cm³/mol. The van der Waals surface area contributed by atoms with Crippen LogP contribution in [-0.4, -0.2) is 33.9 Å². The number of hydrogen-bond donors (Lipinski definition) is 1. The minimum absolute atomic E-state index is 0.0496. The number of aryl methyl sites for hydroxylation is 1. The molecule has 0 aliphatic heterocycles. The maximum Gasteiger partial charge on any atom is 0.573 e. The van der Waals surface area contributed by atoms with Gasteiger partial charge >= 0.3 is 6.36 Å². The monoisotopic (exact) mass is 560 g/mol. The highest BCUT2D eigenvalue weighted by molar-refractivity contribution is 7.93. The molecular weight excluding hydrogens is 548 g/mol. The number of aromatic nitrogens is 1. The third kappa shape index (κ3) is 6.96. The maximum atomic E-state index is 12.6. The van der Waals surface area contributed by atoms with E-state index in [1.807, 2.05) is 0 Å². The van der Waals surface area contributed by atoms with Crippen LogP contribution in [0.5, 0.6) is 5.75 Å². The topological polar surface area (TPSA) is 102 Å². The maximum absolute atomic E-state index is 12.6. The van der Waals surface area contributed by atoms with Crippen LogP contribution >= 0.6 is 34.5 Å². The number of hydrogen-bond acceptors (Lipinski definition) is 7. The quantitative estimate of drug-likeness (QED) is 0.408. The Balaban J connectivity index is 1.71. The molecule has 15 heteroatoms. The van der Waals surface area contributed by atoms with Crippen LogP contribution in [0.3, 0.4) is 0 Å². The summed E-state index contributed by atoms with van der Waals surface area (Å²) in [5, 5.41) is -0.224. The number of thiazole rings is 1. The van der Waals surface area contributed by atoms with Crippen LogP contribution in [0.15, 0.2) is 58.5 Å². The summed E-state index contributed by atoms with van der Waals surface area (Å²) in [6.45, 7) is 0. The van der Waals surface area contributed by atoms with Crippen molar-refractivity contribution in [3.63, 3.8) is 0 Å². The molecule has 0 atom stereocenters. The van der Waals surface area contributed by atoms with Gasteiger partial charge in [-0.05, 0) is 48.4 Å². The molecule has 178 valence electrons. The molecule has 0 radical (unpaired) electrons. The van der Waals surface area contributed by atoms with E-state index in [-0.39, 0.29) is 36.3 Å². The second kappa shape index (κ2) is 9.66. The van der Waals surface area contributed by atoms with Crippen molar-refractivity contribution >= 4 is 59.5 Å². The molecule has 1 N–H and O–H groups in total. The number of nitrogens with zero attached hydrogens (tertiary/aromatic N) is 1. The van der Waals surface area contributed by atoms with Crippen LogP contribution in [-0.2, 0) is 26.3 Å². The summed E-state index contributed by atoms with van der Waals surface area (Å²) in [6, 6.07) is 8.04. The fourth-order valence-electron chi connectivity index (χ4n) is 2.58. The molecule has 0 saturated heterocycles. The molecule has 0 bridgehead atoms. The van der Waals surface area contributed by atoms with Crippen LogP contribution in [0.2, 0.25) is 9.36 Å². The molecule has 3 rings (SSSR count). The third-order valence-corrected chi connectivity index (χ3v) is 8.63. The summed E-state index contributed by atoms with van der Waals surface area (Å²) >= 11 is 12.3. The number of anilines is 1. The molecule has 0 spiro atoms. The van der Waals surface area contributed by atoms with Crippen molar-refractivity contribution in [3.05, 3.63) is 63.6 Å². The van der Waals surface area contributed by atoms with Crippen molar-refractivity contribution < 1.29 is 34.7 Å². The molecule has 1 aromatic heterocycles. The molecule has 0 amide bonds. The zero-order chi connectivity index (χ0) is 24.4. The van der Waals surface area contributed by atoms with Gasteiger partial charge in [-0.2, -0.15) is 0 Å². The normalized spacial score (nSPS) is 12.5. The Hall–Kier alpha value is -2.06. The predicted octanol–water partition coefficient (Wildman–Crippen LogP) is 5.17. The minimum atomic E-state index is -4.95. The van der Waals surface area contributed by atoms with Crippen LogP contribution in [0.1, 0.15) is 5.56 Å². The molecule has 3 aromatic rings. The first-order chi connectivity index (χ1) is 15.2. The Bertz CT molecular complexity index is 1360. The van der Waals surface area contributed by atoms with Gasteiger partial charge < -0.3 is 4.74 Å². The first-order valence-corrected chi connectivity index (χ1v) is 13.5. The summed E-state index contributed by atoms with van der Waals surface area (Å²) in [7, 11) is -7.89. The van der Waals surface area contributed by atoms with E-state index in [4.69, 9.17) is 23.2 Å². The summed E-state index contributed by atoms with van der Waals surface area (Å²) in [6.07, 6.45) is -3.80. The number of sulfone groups is 1. The number of benzene rings is 2. The molecule has 0 fully saturated rings. The van der Waals surface area contributed by atoms with Gasteiger partial charge in [0.1, 0.15) is 10.1 Å². The molecule has 0 aliphatic rings. The lowest BCUT2D eigenvalue weighted by Crippen LogP contribution is -2.17. The van der Waals surface area contributed by atoms with Crippen molar-refractivity contribution in [1.82, 2.24) is 4.98 Å². The number of sulfonamides is 1. The summed E-state index contributed by atoms with van der Waals surface area (Å²) in [4.78, 5) is 3.44. The number of nitrogens with one attached hydrogen (secondary N) is 1.